The van der Waals surface area contributed by atoms with E-state index in [1.165, 1.54) is 32.1 Å². The van der Waals surface area contributed by atoms with E-state index in [9.17, 15) is 0 Å². The highest BCUT2D eigenvalue weighted by molar-refractivity contribution is 5.04. The predicted octanol–water partition coefficient (Wildman–Crippen LogP) is 2.86. The van der Waals surface area contributed by atoms with Gasteiger partial charge in [0.05, 0.1) is 18.9 Å². The van der Waals surface area contributed by atoms with E-state index < -0.39 is 0 Å². The average molecular weight is 264 g/mol. The fraction of sp³-hybridized carbons (Fsp3) is 0.800. The topological polar surface area (TPSA) is 47.3 Å². The molecule has 106 valence electrons. The molecule has 1 aromatic rings. The first-order valence-electron chi connectivity index (χ1n) is 7.67. The van der Waals surface area contributed by atoms with Crippen LogP contribution in [0.2, 0.25) is 0 Å². The van der Waals surface area contributed by atoms with E-state index >= 15 is 0 Å². The van der Waals surface area contributed by atoms with Crippen molar-refractivity contribution in [1.82, 2.24) is 10.5 Å². The number of nitrogens with zero attached hydrogens (tertiary/aromatic N) is 1. The third-order valence-corrected chi connectivity index (χ3v) is 4.44. The van der Waals surface area contributed by atoms with Crippen LogP contribution in [0.15, 0.2) is 16.8 Å². The highest BCUT2D eigenvalue weighted by Crippen LogP contribution is 2.28. The van der Waals surface area contributed by atoms with Crippen LogP contribution in [0.25, 0.3) is 0 Å². The molecule has 0 bridgehead atoms. The molecular formula is C15H24N2O2. The van der Waals surface area contributed by atoms with Crippen molar-refractivity contribution in [1.29, 1.82) is 0 Å². The summed E-state index contributed by atoms with van der Waals surface area (Å²) in [6.07, 6.45) is 11.0. The zero-order valence-electron chi connectivity index (χ0n) is 11.5. The minimum Gasteiger partial charge on any atom is -0.377 e. The fourth-order valence-electron chi connectivity index (χ4n) is 3.31. The maximum absolute atomic E-state index is 6.08. The van der Waals surface area contributed by atoms with Crippen molar-refractivity contribution in [2.75, 3.05) is 13.2 Å². The van der Waals surface area contributed by atoms with E-state index in [1.807, 2.05) is 6.07 Å². The van der Waals surface area contributed by atoms with Crippen molar-refractivity contribution in [2.24, 2.45) is 0 Å². The van der Waals surface area contributed by atoms with Gasteiger partial charge < -0.3 is 14.6 Å². The van der Waals surface area contributed by atoms with Crippen molar-refractivity contribution in [2.45, 2.75) is 63.0 Å². The summed E-state index contributed by atoms with van der Waals surface area (Å²) in [5.74, 6) is 1.54. The van der Waals surface area contributed by atoms with Gasteiger partial charge >= 0.3 is 0 Å². The van der Waals surface area contributed by atoms with Crippen LogP contribution in [-0.2, 0) is 4.74 Å². The minimum atomic E-state index is 0.464. The van der Waals surface area contributed by atoms with Crippen molar-refractivity contribution < 1.29 is 9.26 Å². The van der Waals surface area contributed by atoms with Crippen molar-refractivity contribution >= 4 is 0 Å². The Labute approximate surface area is 114 Å². The average Bonchev–Trinajstić information content (AvgIpc) is 3.01. The molecule has 2 atom stereocenters. The van der Waals surface area contributed by atoms with E-state index in [0.29, 0.717) is 18.1 Å². The molecule has 3 rings (SSSR count). The molecule has 1 aliphatic heterocycles. The fourth-order valence-corrected chi connectivity index (χ4v) is 3.31. The van der Waals surface area contributed by atoms with E-state index in [2.05, 4.69) is 10.5 Å². The van der Waals surface area contributed by atoms with E-state index in [4.69, 9.17) is 9.26 Å². The van der Waals surface area contributed by atoms with Gasteiger partial charge in [-0.15, -0.1) is 0 Å². The third kappa shape index (κ3) is 3.57. The second-order valence-corrected chi connectivity index (χ2v) is 5.88. The van der Waals surface area contributed by atoms with Gasteiger partial charge in [0, 0.05) is 18.0 Å². The van der Waals surface area contributed by atoms with Crippen LogP contribution in [0.1, 0.15) is 56.6 Å². The number of piperidine rings is 1. The molecule has 0 amide bonds. The summed E-state index contributed by atoms with van der Waals surface area (Å²) in [6.45, 7) is 1.89. The summed E-state index contributed by atoms with van der Waals surface area (Å²) in [5.41, 5.74) is 0. The van der Waals surface area contributed by atoms with Gasteiger partial charge in [0.2, 0.25) is 0 Å². The Morgan fingerprint density at radius 2 is 2.16 bits per heavy atom. The summed E-state index contributed by atoms with van der Waals surface area (Å²) in [6, 6.07) is 2.46. The summed E-state index contributed by atoms with van der Waals surface area (Å²) >= 11 is 0. The van der Waals surface area contributed by atoms with Crippen LogP contribution >= 0.6 is 0 Å². The second kappa shape index (κ2) is 6.53. The third-order valence-electron chi connectivity index (χ3n) is 4.44. The Bertz CT molecular complexity index is 360. The number of rotatable bonds is 4. The molecule has 19 heavy (non-hydrogen) atoms. The number of ether oxygens (including phenoxy) is 1. The molecule has 0 unspecified atom stereocenters. The van der Waals surface area contributed by atoms with Crippen LogP contribution in [0.3, 0.4) is 0 Å². The van der Waals surface area contributed by atoms with E-state index in [1.54, 1.807) is 6.20 Å². The van der Waals surface area contributed by atoms with Gasteiger partial charge in [0.25, 0.3) is 0 Å². The first kappa shape index (κ1) is 13.1. The maximum atomic E-state index is 6.08. The lowest BCUT2D eigenvalue weighted by Gasteiger charge is -2.31. The number of nitrogens with one attached hydrogen (secondary N) is 1. The molecule has 0 aromatic carbocycles. The van der Waals surface area contributed by atoms with Crippen LogP contribution in [0.5, 0.6) is 0 Å². The highest BCUT2D eigenvalue weighted by Gasteiger charge is 2.26. The first-order chi connectivity index (χ1) is 9.42. The van der Waals surface area contributed by atoms with Gasteiger partial charge in [-0.3, -0.25) is 0 Å². The number of aromatic nitrogens is 1. The Hall–Kier alpha value is -0.870. The van der Waals surface area contributed by atoms with Crippen LogP contribution < -0.4 is 5.32 Å². The monoisotopic (exact) mass is 264 g/mol. The zero-order chi connectivity index (χ0) is 12.9. The van der Waals surface area contributed by atoms with Gasteiger partial charge in [-0.25, -0.2) is 0 Å². The Balaban J connectivity index is 1.45. The maximum Gasteiger partial charge on any atom is 0.139 e. The number of hydrogen-bond acceptors (Lipinski definition) is 4. The van der Waals surface area contributed by atoms with Crippen LogP contribution in [0, 0.1) is 0 Å². The molecule has 4 heteroatoms. The Kier molecular flexibility index (Phi) is 4.51. The molecule has 1 N–H and O–H groups in total. The quantitative estimate of drug-likeness (QED) is 0.908. The molecule has 0 radical (unpaired) electrons. The molecule has 2 aliphatic rings. The largest absolute Gasteiger partial charge is 0.377 e. The molecule has 1 saturated heterocycles. The normalized spacial score (nSPS) is 29.5. The SMILES string of the molecule is c1cc([C@H]2CCN[C@@H](COC3CCCCC3)C2)on1. The molecule has 0 spiro atoms. The van der Waals surface area contributed by atoms with Gasteiger partial charge in [-0.2, -0.15) is 0 Å². The predicted molar refractivity (Wildman–Crippen MR) is 73.1 cm³/mol. The Morgan fingerprint density at radius 1 is 1.26 bits per heavy atom. The van der Waals surface area contributed by atoms with Gasteiger partial charge in [-0.05, 0) is 32.2 Å². The standard InChI is InChI=1S/C15H24N2O2/c1-2-4-14(5-3-1)18-11-13-10-12(6-8-16-13)15-7-9-17-19-15/h7,9,12-14,16H,1-6,8,10-11H2/t12-,13+/m0/s1. The van der Waals surface area contributed by atoms with Crippen molar-refractivity contribution in [3.8, 4) is 0 Å². The lowest BCUT2D eigenvalue weighted by molar-refractivity contribution is 0.0105. The van der Waals surface area contributed by atoms with Crippen molar-refractivity contribution in [3.63, 3.8) is 0 Å². The smallest absolute Gasteiger partial charge is 0.139 e. The molecule has 1 saturated carbocycles. The molecule has 1 aromatic heterocycles. The summed E-state index contributed by atoms with van der Waals surface area (Å²) in [4.78, 5) is 0. The van der Waals surface area contributed by atoms with Crippen molar-refractivity contribution in [3.05, 3.63) is 18.0 Å². The number of hydrogen-bond donors (Lipinski definition) is 1. The zero-order valence-corrected chi connectivity index (χ0v) is 11.5. The van der Waals surface area contributed by atoms with Gasteiger partial charge in [0.15, 0.2) is 0 Å². The van der Waals surface area contributed by atoms with Gasteiger partial charge in [0.1, 0.15) is 5.76 Å². The molecular weight excluding hydrogens is 240 g/mol. The lowest BCUT2D eigenvalue weighted by atomic mass is 9.90. The minimum absolute atomic E-state index is 0.464. The molecule has 1 aliphatic carbocycles. The Morgan fingerprint density at radius 3 is 2.95 bits per heavy atom. The second-order valence-electron chi connectivity index (χ2n) is 5.88. The van der Waals surface area contributed by atoms with Gasteiger partial charge in [-0.1, -0.05) is 24.4 Å². The first-order valence-corrected chi connectivity index (χ1v) is 7.67. The van der Waals surface area contributed by atoms with E-state index in [0.717, 1.165) is 31.8 Å². The highest BCUT2D eigenvalue weighted by atomic mass is 16.5. The van der Waals surface area contributed by atoms with Crippen LogP contribution in [0.4, 0.5) is 0 Å². The molecule has 4 nitrogen and oxygen atoms in total. The molecule has 2 fully saturated rings. The summed E-state index contributed by atoms with van der Waals surface area (Å²) in [5, 5.41) is 7.38. The van der Waals surface area contributed by atoms with E-state index in [-0.39, 0.29) is 0 Å². The van der Waals surface area contributed by atoms with Crippen LogP contribution in [-0.4, -0.2) is 30.5 Å². The summed E-state index contributed by atoms with van der Waals surface area (Å²) in [7, 11) is 0. The summed E-state index contributed by atoms with van der Waals surface area (Å²) < 4.78 is 11.4. The lowest BCUT2D eigenvalue weighted by Crippen LogP contribution is -2.41. The molecule has 2 heterocycles.